The van der Waals surface area contributed by atoms with Gasteiger partial charge in [-0.25, -0.2) is 0 Å². The van der Waals surface area contributed by atoms with E-state index in [4.69, 9.17) is 12.2 Å². The maximum atomic E-state index is 11.7. The third-order valence-electron chi connectivity index (χ3n) is 2.55. The topological polar surface area (TPSA) is 44.4 Å². The molecule has 98 valence electrons. The molecule has 18 heavy (non-hydrogen) atoms. The van der Waals surface area contributed by atoms with Gasteiger partial charge in [-0.15, -0.1) is 0 Å². The quantitative estimate of drug-likeness (QED) is 0.797. The van der Waals surface area contributed by atoms with Gasteiger partial charge in [0.15, 0.2) is 5.11 Å². The van der Waals surface area contributed by atoms with Crippen LogP contribution in [0.2, 0.25) is 0 Å². The number of nitrogens with zero attached hydrogens (tertiary/aromatic N) is 1. The number of benzene rings is 1. The average molecular weight is 265 g/mol. The lowest BCUT2D eigenvalue weighted by Gasteiger charge is -2.19. The van der Waals surface area contributed by atoms with Gasteiger partial charge in [-0.2, -0.15) is 0 Å². The average Bonchev–Trinajstić information content (AvgIpc) is 2.39. The van der Waals surface area contributed by atoms with Gasteiger partial charge in [0.05, 0.1) is 6.54 Å². The van der Waals surface area contributed by atoms with Crippen molar-refractivity contribution in [1.82, 2.24) is 10.2 Å². The summed E-state index contributed by atoms with van der Waals surface area (Å²) in [5, 5.41) is 6.39. The molecule has 0 aromatic heterocycles. The minimum absolute atomic E-state index is 0.0530. The molecule has 0 fully saturated rings. The van der Waals surface area contributed by atoms with Gasteiger partial charge in [0, 0.05) is 18.8 Å². The summed E-state index contributed by atoms with van der Waals surface area (Å²) in [5.41, 5.74) is 0.908. The van der Waals surface area contributed by atoms with Crippen LogP contribution in [0.5, 0.6) is 0 Å². The number of rotatable bonds is 5. The number of hydrogen-bond donors (Lipinski definition) is 2. The predicted octanol–water partition coefficient (Wildman–Crippen LogP) is 1.84. The number of anilines is 1. The Balaban J connectivity index is 2.35. The Bertz CT molecular complexity index is 390. The number of para-hydroxylation sites is 1. The van der Waals surface area contributed by atoms with Gasteiger partial charge in [-0.3, -0.25) is 4.79 Å². The molecule has 0 unspecified atom stereocenters. The van der Waals surface area contributed by atoms with Gasteiger partial charge in [0.25, 0.3) is 0 Å². The van der Waals surface area contributed by atoms with Gasteiger partial charge in [0.1, 0.15) is 0 Å². The molecule has 1 rings (SSSR count). The van der Waals surface area contributed by atoms with E-state index in [0.29, 0.717) is 5.11 Å². The van der Waals surface area contributed by atoms with Crippen LogP contribution in [-0.4, -0.2) is 35.6 Å². The lowest BCUT2D eigenvalue weighted by Crippen LogP contribution is -2.41. The van der Waals surface area contributed by atoms with Crippen molar-refractivity contribution >= 4 is 28.9 Å². The lowest BCUT2D eigenvalue weighted by atomic mass is 10.3. The van der Waals surface area contributed by atoms with Gasteiger partial charge in [0.2, 0.25) is 5.91 Å². The fraction of sp³-hybridized carbons (Fsp3) is 0.385. The van der Waals surface area contributed by atoms with Crippen molar-refractivity contribution < 1.29 is 4.79 Å². The van der Waals surface area contributed by atoms with Gasteiger partial charge < -0.3 is 15.5 Å². The standard InChI is InChI=1S/C13H19N3OS/c1-3-16(4-2)12(17)10-14-13(18)15-11-8-6-5-7-9-11/h5-9H,3-4,10H2,1-2H3,(H2,14,15,18). The highest BCUT2D eigenvalue weighted by atomic mass is 32.1. The van der Waals surface area contributed by atoms with Crippen LogP contribution in [0.15, 0.2) is 30.3 Å². The second-order valence-corrected chi connectivity index (χ2v) is 4.15. The van der Waals surface area contributed by atoms with Crippen molar-refractivity contribution in [3.8, 4) is 0 Å². The number of hydrogen-bond acceptors (Lipinski definition) is 2. The molecule has 0 bridgehead atoms. The molecule has 0 atom stereocenters. The van der Waals surface area contributed by atoms with Crippen molar-refractivity contribution in [2.24, 2.45) is 0 Å². The molecule has 2 N–H and O–H groups in total. The largest absolute Gasteiger partial charge is 0.353 e. The zero-order chi connectivity index (χ0) is 13.4. The second kappa shape index (κ2) is 7.66. The predicted molar refractivity (Wildman–Crippen MR) is 78.6 cm³/mol. The lowest BCUT2D eigenvalue weighted by molar-refractivity contribution is -0.129. The molecule has 5 heteroatoms. The van der Waals surface area contributed by atoms with E-state index in [1.807, 2.05) is 44.2 Å². The molecule has 0 radical (unpaired) electrons. The number of likely N-dealkylation sites (N-methyl/N-ethyl adjacent to an activating group) is 1. The Morgan fingerprint density at radius 1 is 1.22 bits per heavy atom. The first-order chi connectivity index (χ1) is 8.67. The van der Waals surface area contributed by atoms with E-state index >= 15 is 0 Å². The molecular weight excluding hydrogens is 246 g/mol. The maximum absolute atomic E-state index is 11.7. The molecule has 0 aliphatic heterocycles. The number of carbonyl (C=O) groups excluding carboxylic acids is 1. The maximum Gasteiger partial charge on any atom is 0.241 e. The second-order valence-electron chi connectivity index (χ2n) is 3.74. The summed E-state index contributed by atoms with van der Waals surface area (Å²) in [6.07, 6.45) is 0. The Morgan fingerprint density at radius 3 is 2.39 bits per heavy atom. The van der Waals surface area contributed by atoms with Crippen molar-refractivity contribution in [3.63, 3.8) is 0 Å². The van der Waals surface area contributed by atoms with Gasteiger partial charge in [-0.1, -0.05) is 18.2 Å². The molecule has 0 heterocycles. The van der Waals surface area contributed by atoms with E-state index in [1.54, 1.807) is 4.90 Å². The third kappa shape index (κ3) is 4.71. The minimum atomic E-state index is 0.0530. The number of carbonyl (C=O) groups is 1. The molecule has 0 aliphatic carbocycles. The van der Waals surface area contributed by atoms with Crippen LogP contribution in [0.25, 0.3) is 0 Å². The Kier molecular flexibility index (Phi) is 6.14. The van der Waals surface area contributed by atoms with E-state index in [9.17, 15) is 4.79 Å². The Labute approximate surface area is 113 Å². The fourth-order valence-electron chi connectivity index (χ4n) is 1.54. The Hall–Kier alpha value is -1.62. The van der Waals surface area contributed by atoms with Crippen LogP contribution in [0.3, 0.4) is 0 Å². The summed E-state index contributed by atoms with van der Waals surface area (Å²) in [5.74, 6) is 0.0530. The molecule has 4 nitrogen and oxygen atoms in total. The summed E-state index contributed by atoms with van der Waals surface area (Å²) in [7, 11) is 0. The van der Waals surface area contributed by atoms with Crippen LogP contribution in [0.1, 0.15) is 13.8 Å². The van der Waals surface area contributed by atoms with E-state index in [-0.39, 0.29) is 12.5 Å². The summed E-state index contributed by atoms with van der Waals surface area (Å²) in [4.78, 5) is 13.5. The molecule has 0 aliphatic rings. The first kappa shape index (κ1) is 14.4. The van der Waals surface area contributed by atoms with Crippen molar-refractivity contribution in [2.45, 2.75) is 13.8 Å². The SMILES string of the molecule is CCN(CC)C(=O)CNC(=S)Nc1ccccc1. The van der Waals surface area contributed by atoms with Crippen LogP contribution in [0, 0.1) is 0 Å². The highest BCUT2D eigenvalue weighted by molar-refractivity contribution is 7.80. The normalized spacial score (nSPS) is 9.67. The molecule has 1 aromatic carbocycles. The monoisotopic (exact) mass is 265 g/mol. The van der Waals surface area contributed by atoms with Crippen LogP contribution in [0.4, 0.5) is 5.69 Å². The molecule has 1 aromatic rings. The van der Waals surface area contributed by atoms with E-state index in [2.05, 4.69) is 10.6 Å². The van der Waals surface area contributed by atoms with Crippen molar-refractivity contribution in [1.29, 1.82) is 0 Å². The first-order valence-corrected chi connectivity index (χ1v) is 6.45. The van der Waals surface area contributed by atoms with E-state index in [1.165, 1.54) is 0 Å². The molecule has 0 saturated carbocycles. The Morgan fingerprint density at radius 2 is 1.83 bits per heavy atom. The number of amides is 1. The van der Waals surface area contributed by atoms with Gasteiger partial charge >= 0.3 is 0 Å². The highest BCUT2D eigenvalue weighted by Gasteiger charge is 2.09. The first-order valence-electron chi connectivity index (χ1n) is 6.05. The van der Waals surface area contributed by atoms with Crippen molar-refractivity contribution in [3.05, 3.63) is 30.3 Å². The minimum Gasteiger partial charge on any atom is -0.353 e. The zero-order valence-electron chi connectivity index (χ0n) is 10.8. The van der Waals surface area contributed by atoms with E-state index in [0.717, 1.165) is 18.8 Å². The molecule has 0 saturated heterocycles. The smallest absolute Gasteiger partial charge is 0.241 e. The van der Waals surface area contributed by atoms with E-state index < -0.39 is 0 Å². The summed E-state index contributed by atoms with van der Waals surface area (Å²) in [6.45, 7) is 5.58. The fourth-order valence-corrected chi connectivity index (χ4v) is 1.73. The number of nitrogens with one attached hydrogen (secondary N) is 2. The van der Waals surface area contributed by atoms with Crippen LogP contribution >= 0.6 is 12.2 Å². The van der Waals surface area contributed by atoms with Crippen LogP contribution in [-0.2, 0) is 4.79 Å². The molecule has 1 amide bonds. The summed E-state index contributed by atoms with van der Waals surface area (Å²) >= 11 is 5.12. The third-order valence-corrected chi connectivity index (χ3v) is 2.79. The van der Waals surface area contributed by atoms with Crippen LogP contribution < -0.4 is 10.6 Å². The number of thiocarbonyl (C=S) groups is 1. The molecular formula is C13H19N3OS. The van der Waals surface area contributed by atoms with Gasteiger partial charge in [-0.05, 0) is 38.2 Å². The van der Waals surface area contributed by atoms with Crippen molar-refractivity contribution in [2.75, 3.05) is 25.0 Å². The summed E-state index contributed by atoms with van der Waals surface area (Å²) < 4.78 is 0. The highest BCUT2D eigenvalue weighted by Crippen LogP contribution is 2.04. The summed E-state index contributed by atoms with van der Waals surface area (Å²) in [6, 6.07) is 9.62. The zero-order valence-corrected chi connectivity index (χ0v) is 11.6. The molecule has 0 spiro atoms.